The molecule has 2 atom stereocenters. The minimum Gasteiger partial charge on any atom is -0.481 e. The lowest BCUT2D eigenvalue weighted by Gasteiger charge is -2.24. The SMILES string of the molecule is Cc1nccn1-c1ccc(C(C)NC(CCC(=O)O)Cc2ccccc2)cc1. The summed E-state index contributed by atoms with van der Waals surface area (Å²) in [6, 6.07) is 18.8. The van der Waals surface area contributed by atoms with Crippen molar-refractivity contribution in [2.24, 2.45) is 0 Å². The fourth-order valence-corrected chi connectivity index (χ4v) is 3.46. The lowest BCUT2D eigenvalue weighted by atomic mass is 9.99. The Bertz CT molecular complexity index is 888. The lowest BCUT2D eigenvalue weighted by molar-refractivity contribution is -0.137. The fourth-order valence-electron chi connectivity index (χ4n) is 3.46. The zero-order valence-electron chi connectivity index (χ0n) is 16.4. The third-order valence-electron chi connectivity index (χ3n) is 5.01. The van der Waals surface area contributed by atoms with Crippen LogP contribution in [0.2, 0.25) is 0 Å². The molecule has 0 aliphatic rings. The second kappa shape index (κ2) is 9.33. The van der Waals surface area contributed by atoms with Gasteiger partial charge in [0.2, 0.25) is 0 Å². The van der Waals surface area contributed by atoms with Gasteiger partial charge in [-0.1, -0.05) is 42.5 Å². The Morgan fingerprint density at radius 1 is 1.14 bits per heavy atom. The second-order valence-electron chi connectivity index (χ2n) is 7.14. The van der Waals surface area contributed by atoms with Crippen molar-refractivity contribution in [1.82, 2.24) is 14.9 Å². The van der Waals surface area contributed by atoms with Crippen molar-refractivity contribution >= 4 is 5.97 Å². The van der Waals surface area contributed by atoms with Crippen molar-refractivity contribution in [3.63, 3.8) is 0 Å². The molecule has 146 valence electrons. The molecule has 5 nitrogen and oxygen atoms in total. The van der Waals surface area contributed by atoms with Gasteiger partial charge in [-0.25, -0.2) is 4.98 Å². The Balaban J connectivity index is 1.68. The zero-order valence-corrected chi connectivity index (χ0v) is 16.4. The van der Waals surface area contributed by atoms with Gasteiger partial charge in [-0.15, -0.1) is 0 Å². The number of carboxylic acid groups (broad SMARTS) is 1. The summed E-state index contributed by atoms with van der Waals surface area (Å²) in [4.78, 5) is 15.3. The van der Waals surface area contributed by atoms with Gasteiger partial charge in [0, 0.05) is 36.6 Å². The second-order valence-corrected chi connectivity index (χ2v) is 7.14. The summed E-state index contributed by atoms with van der Waals surface area (Å²) in [7, 11) is 0. The minimum atomic E-state index is -0.757. The van der Waals surface area contributed by atoms with E-state index in [2.05, 4.69) is 53.6 Å². The largest absolute Gasteiger partial charge is 0.481 e. The molecule has 0 fully saturated rings. The first-order valence-corrected chi connectivity index (χ1v) is 9.65. The summed E-state index contributed by atoms with van der Waals surface area (Å²) in [6.45, 7) is 4.10. The third kappa shape index (κ3) is 5.30. The number of carboxylic acids is 1. The number of aliphatic carboxylic acids is 1. The molecule has 0 saturated carbocycles. The number of carbonyl (C=O) groups is 1. The maximum atomic E-state index is 11.1. The summed E-state index contributed by atoms with van der Waals surface area (Å²) < 4.78 is 2.05. The quantitative estimate of drug-likeness (QED) is 0.583. The molecule has 0 saturated heterocycles. The Kier molecular flexibility index (Phi) is 6.61. The van der Waals surface area contributed by atoms with E-state index in [1.54, 1.807) is 6.20 Å². The predicted molar refractivity (Wildman–Crippen MR) is 111 cm³/mol. The van der Waals surface area contributed by atoms with Crippen LogP contribution in [0.15, 0.2) is 67.0 Å². The average Bonchev–Trinajstić information content (AvgIpc) is 3.13. The summed E-state index contributed by atoms with van der Waals surface area (Å²) in [5.41, 5.74) is 3.47. The van der Waals surface area contributed by atoms with Gasteiger partial charge in [0.1, 0.15) is 5.82 Å². The van der Waals surface area contributed by atoms with Crippen LogP contribution in [0.25, 0.3) is 5.69 Å². The van der Waals surface area contributed by atoms with Crippen molar-refractivity contribution in [3.8, 4) is 5.69 Å². The standard InChI is InChI=1S/C23H27N3O2/c1-17(20-8-11-22(12-9-20)26-15-14-24-18(26)2)25-21(10-13-23(27)28)16-19-6-4-3-5-7-19/h3-9,11-12,14-15,17,21,25H,10,13,16H2,1-2H3,(H,27,28). The topological polar surface area (TPSA) is 67.2 Å². The third-order valence-corrected chi connectivity index (χ3v) is 5.01. The number of hydrogen-bond acceptors (Lipinski definition) is 3. The molecular weight excluding hydrogens is 350 g/mol. The molecule has 5 heteroatoms. The normalized spacial score (nSPS) is 13.2. The van der Waals surface area contributed by atoms with Crippen LogP contribution in [0.3, 0.4) is 0 Å². The van der Waals surface area contributed by atoms with Crippen LogP contribution in [-0.4, -0.2) is 26.7 Å². The summed E-state index contributed by atoms with van der Waals surface area (Å²) in [5.74, 6) is 0.197. The van der Waals surface area contributed by atoms with Crippen LogP contribution < -0.4 is 5.32 Å². The molecule has 0 aliphatic heterocycles. The molecule has 1 heterocycles. The molecule has 0 amide bonds. The highest BCUT2D eigenvalue weighted by molar-refractivity contribution is 5.66. The fraction of sp³-hybridized carbons (Fsp3) is 0.304. The Morgan fingerprint density at radius 2 is 1.86 bits per heavy atom. The van der Waals surface area contributed by atoms with E-state index < -0.39 is 5.97 Å². The van der Waals surface area contributed by atoms with Gasteiger partial charge in [-0.3, -0.25) is 4.79 Å². The molecule has 1 aromatic heterocycles. The molecule has 0 radical (unpaired) electrons. The van der Waals surface area contributed by atoms with Crippen molar-refractivity contribution in [2.75, 3.05) is 0 Å². The first-order chi connectivity index (χ1) is 13.5. The number of aromatic nitrogens is 2. The maximum absolute atomic E-state index is 11.1. The van der Waals surface area contributed by atoms with Crippen LogP contribution in [0.5, 0.6) is 0 Å². The molecule has 2 unspecified atom stereocenters. The van der Waals surface area contributed by atoms with Crippen LogP contribution in [0.4, 0.5) is 0 Å². The highest BCUT2D eigenvalue weighted by Gasteiger charge is 2.16. The van der Waals surface area contributed by atoms with E-state index in [1.807, 2.05) is 35.9 Å². The number of nitrogens with one attached hydrogen (secondary N) is 1. The number of benzene rings is 2. The van der Waals surface area contributed by atoms with Gasteiger partial charge in [0.05, 0.1) is 0 Å². The number of nitrogens with zero attached hydrogens (tertiary/aromatic N) is 2. The molecule has 0 spiro atoms. The Hall–Kier alpha value is -2.92. The highest BCUT2D eigenvalue weighted by Crippen LogP contribution is 2.19. The number of imidazole rings is 1. The average molecular weight is 377 g/mol. The van der Waals surface area contributed by atoms with Gasteiger partial charge >= 0.3 is 5.97 Å². The van der Waals surface area contributed by atoms with Gasteiger partial charge in [-0.2, -0.15) is 0 Å². The summed E-state index contributed by atoms with van der Waals surface area (Å²) >= 11 is 0. The van der Waals surface area contributed by atoms with E-state index in [9.17, 15) is 4.79 Å². The van der Waals surface area contributed by atoms with E-state index in [0.29, 0.717) is 6.42 Å². The van der Waals surface area contributed by atoms with E-state index >= 15 is 0 Å². The molecule has 0 aliphatic carbocycles. The predicted octanol–water partition coefficient (Wildman–Crippen LogP) is 4.31. The zero-order chi connectivity index (χ0) is 19.9. The van der Waals surface area contributed by atoms with Crippen LogP contribution >= 0.6 is 0 Å². The van der Waals surface area contributed by atoms with E-state index in [1.165, 1.54) is 11.1 Å². The molecule has 3 rings (SSSR count). The van der Waals surface area contributed by atoms with Crippen molar-refractivity contribution in [2.45, 2.75) is 45.2 Å². The van der Waals surface area contributed by atoms with Crippen LogP contribution in [0.1, 0.15) is 42.8 Å². The van der Waals surface area contributed by atoms with Crippen molar-refractivity contribution in [1.29, 1.82) is 0 Å². The lowest BCUT2D eigenvalue weighted by Crippen LogP contribution is -2.34. The smallest absolute Gasteiger partial charge is 0.303 e. The molecular formula is C23H27N3O2. The van der Waals surface area contributed by atoms with E-state index in [0.717, 1.165) is 17.9 Å². The Labute approximate surface area is 166 Å². The molecule has 3 aromatic rings. The van der Waals surface area contributed by atoms with Crippen molar-refractivity contribution in [3.05, 3.63) is 83.9 Å². The van der Waals surface area contributed by atoms with Gasteiger partial charge < -0.3 is 15.0 Å². The first kappa shape index (κ1) is 19.8. The summed E-state index contributed by atoms with van der Waals surface area (Å²) in [5, 5.41) is 12.7. The van der Waals surface area contributed by atoms with E-state index in [-0.39, 0.29) is 18.5 Å². The molecule has 28 heavy (non-hydrogen) atoms. The molecule has 0 bridgehead atoms. The highest BCUT2D eigenvalue weighted by atomic mass is 16.4. The minimum absolute atomic E-state index is 0.101. The van der Waals surface area contributed by atoms with Gasteiger partial charge in [0.15, 0.2) is 0 Å². The van der Waals surface area contributed by atoms with E-state index in [4.69, 9.17) is 5.11 Å². The maximum Gasteiger partial charge on any atom is 0.303 e. The number of hydrogen-bond donors (Lipinski definition) is 2. The molecule has 2 aromatic carbocycles. The molecule has 2 N–H and O–H groups in total. The van der Waals surface area contributed by atoms with Crippen molar-refractivity contribution < 1.29 is 9.90 Å². The number of aryl methyl sites for hydroxylation is 1. The van der Waals surface area contributed by atoms with Crippen LogP contribution in [0, 0.1) is 6.92 Å². The number of rotatable bonds is 9. The summed E-state index contributed by atoms with van der Waals surface area (Å²) in [6.07, 6.45) is 5.32. The first-order valence-electron chi connectivity index (χ1n) is 9.65. The van der Waals surface area contributed by atoms with Crippen LogP contribution in [-0.2, 0) is 11.2 Å². The van der Waals surface area contributed by atoms with Gasteiger partial charge in [0.25, 0.3) is 0 Å². The Morgan fingerprint density at radius 3 is 2.46 bits per heavy atom. The van der Waals surface area contributed by atoms with Gasteiger partial charge in [-0.05, 0) is 49.9 Å². The monoisotopic (exact) mass is 377 g/mol.